The monoisotopic (exact) mass is 357 g/mol. The van der Waals surface area contributed by atoms with Crippen molar-refractivity contribution in [2.24, 2.45) is 0 Å². The molecule has 0 amide bonds. The van der Waals surface area contributed by atoms with E-state index in [-0.39, 0.29) is 0 Å². The summed E-state index contributed by atoms with van der Waals surface area (Å²) >= 11 is 3.60. The molecule has 0 bridgehead atoms. The van der Waals surface area contributed by atoms with Gasteiger partial charge in [-0.1, -0.05) is 48.5 Å². The van der Waals surface area contributed by atoms with Gasteiger partial charge >= 0.3 is 0 Å². The number of unbranched alkanes of at least 4 members (excludes halogenated alkanes) is 4. The minimum atomic E-state index is 0.641. The van der Waals surface area contributed by atoms with Crippen LogP contribution in [0.2, 0.25) is 0 Å². The topological polar surface area (TPSA) is 30.5 Å². The van der Waals surface area contributed by atoms with Gasteiger partial charge in [-0.2, -0.15) is 0 Å². The van der Waals surface area contributed by atoms with Crippen LogP contribution in [0.1, 0.15) is 51.5 Å². The number of hydrogen-bond donors (Lipinski definition) is 1. The van der Waals surface area contributed by atoms with E-state index < -0.39 is 0 Å². The molecule has 0 spiro atoms. The molecular weight excluding hydrogens is 330 g/mol. The summed E-state index contributed by atoms with van der Waals surface area (Å²) in [5.74, 6) is 1.58. The van der Waals surface area contributed by atoms with E-state index in [2.05, 4.69) is 34.2 Å². The molecule has 0 aliphatic heterocycles. The van der Waals surface area contributed by atoms with E-state index in [1.54, 1.807) is 7.11 Å². The van der Waals surface area contributed by atoms with Gasteiger partial charge in [-0.25, -0.2) is 0 Å². The summed E-state index contributed by atoms with van der Waals surface area (Å²) < 4.78 is 12.0. The molecule has 0 heterocycles. The molecule has 1 aromatic rings. The van der Waals surface area contributed by atoms with Crippen LogP contribution in [0.4, 0.5) is 0 Å². The van der Waals surface area contributed by atoms with Crippen LogP contribution in [-0.4, -0.2) is 20.3 Å². The first-order valence-electron chi connectivity index (χ1n) is 7.92. The number of rotatable bonds is 11. The lowest BCUT2D eigenvalue weighted by atomic mass is 10.1. The largest absolute Gasteiger partial charge is 0.493 e. The first-order valence-corrected chi connectivity index (χ1v) is 8.72. The van der Waals surface area contributed by atoms with Crippen LogP contribution in [0.5, 0.6) is 11.5 Å². The van der Waals surface area contributed by atoms with Gasteiger partial charge in [0, 0.05) is 11.0 Å². The molecule has 0 unspecified atom stereocenters. The Morgan fingerprint density at radius 2 is 1.81 bits per heavy atom. The first-order chi connectivity index (χ1) is 10.2. The molecule has 0 atom stereocenters. The van der Waals surface area contributed by atoms with Crippen molar-refractivity contribution in [1.29, 1.82) is 0 Å². The number of nitrogens with one attached hydrogen (secondary N) is 1. The summed E-state index contributed by atoms with van der Waals surface area (Å²) in [4.78, 5) is 0. The van der Waals surface area contributed by atoms with E-state index in [4.69, 9.17) is 9.47 Å². The Kier molecular flexibility index (Phi) is 9.51. The maximum atomic E-state index is 5.62. The van der Waals surface area contributed by atoms with Gasteiger partial charge in [-0.05, 0) is 37.6 Å². The van der Waals surface area contributed by atoms with E-state index >= 15 is 0 Å². The highest BCUT2D eigenvalue weighted by Crippen LogP contribution is 2.33. The lowest BCUT2D eigenvalue weighted by Crippen LogP contribution is -2.15. The zero-order valence-electron chi connectivity index (χ0n) is 13.5. The summed E-state index contributed by atoms with van der Waals surface area (Å²) in [6.07, 6.45) is 6.55. The fourth-order valence-corrected chi connectivity index (χ4v) is 2.68. The Morgan fingerprint density at radius 3 is 2.48 bits per heavy atom. The van der Waals surface area contributed by atoms with Crippen LogP contribution in [-0.2, 0) is 6.54 Å². The van der Waals surface area contributed by atoms with Crippen LogP contribution in [0.15, 0.2) is 16.6 Å². The van der Waals surface area contributed by atoms with Gasteiger partial charge in [0.25, 0.3) is 0 Å². The van der Waals surface area contributed by atoms with Gasteiger partial charge in [0.05, 0.1) is 13.7 Å². The van der Waals surface area contributed by atoms with Crippen LogP contribution in [0.25, 0.3) is 0 Å². The van der Waals surface area contributed by atoms with Crippen molar-refractivity contribution in [3.63, 3.8) is 0 Å². The van der Waals surface area contributed by atoms with Crippen molar-refractivity contribution in [1.82, 2.24) is 5.32 Å². The highest BCUT2D eigenvalue weighted by Gasteiger charge is 2.09. The zero-order valence-corrected chi connectivity index (χ0v) is 15.1. The molecule has 0 aliphatic carbocycles. The summed E-state index contributed by atoms with van der Waals surface area (Å²) in [6, 6.07) is 4.03. The number of hydrogen-bond acceptors (Lipinski definition) is 3. The smallest absolute Gasteiger partial charge is 0.161 e. The third-order valence-corrected chi connectivity index (χ3v) is 4.14. The molecule has 4 heteroatoms. The molecule has 3 nitrogen and oxygen atoms in total. The summed E-state index contributed by atoms with van der Waals surface area (Å²) in [7, 11) is 1.67. The van der Waals surface area contributed by atoms with Crippen LogP contribution >= 0.6 is 15.9 Å². The van der Waals surface area contributed by atoms with Gasteiger partial charge < -0.3 is 14.8 Å². The zero-order chi connectivity index (χ0) is 15.5. The third-order valence-electron chi connectivity index (χ3n) is 3.41. The second-order valence-electron chi connectivity index (χ2n) is 5.12. The molecule has 1 N–H and O–H groups in total. The molecule has 0 aliphatic rings. The number of methoxy groups -OCH3 is 1. The maximum Gasteiger partial charge on any atom is 0.161 e. The van der Waals surface area contributed by atoms with E-state index in [1.807, 2.05) is 13.0 Å². The Balaban J connectivity index is 2.45. The highest BCUT2D eigenvalue weighted by atomic mass is 79.9. The van der Waals surface area contributed by atoms with Crippen LogP contribution < -0.4 is 14.8 Å². The van der Waals surface area contributed by atoms with E-state index in [0.29, 0.717) is 6.61 Å². The standard InChI is InChI=1S/C17H28BrNO2/c1-4-6-7-8-9-10-19-13-14-11-17(21-5-2)16(20-3)12-15(14)18/h11-12,19H,4-10,13H2,1-3H3. The second kappa shape index (κ2) is 10.9. The molecule has 0 fully saturated rings. The minimum absolute atomic E-state index is 0.641. The minimum Gasteiger partial charge on any atom is -0.493 e. The quantitative estimate of drug-likeness (QED) is 0.570. The van der Waals surface area contributed by atoms with Crippen molar-refractivity contribution in [3.05, 3.63) is 22.2 Å². The van der Waals surface area contributed by atoms with Gasteiger partial charge in [0.1, 0.15) is 0 Å². The molecule has 0 aromatic heterocycles. The van der Waals surface area contributed by atoms with Crippen molar-refractivity contribution in [2.75, 3.05) is 20.3 Å². The molecule has 0 saturated heterocycles. The summed E-state index contributed by atoms with van der Waals surface area (Å²) in [5, 5.41) is 3.50. The number of benzene rings is 1. The van der Waals surface area contributed by atoms with Crippen molar-refractivity contribution in [2.45, 2.75) is 52.5 Å². The third kappa shape index (κ3) is 6.70. The van der Waals surface area contributed by atoms with Gasteiger partial charge in [-0.15, -0.1) is 0 Å². The normalized spacial score (nSPS) is 10.7. The lowest BCUT2D eigenvalue weighted by molar-refractivity contribution is 0.310. The number of halogens is 1. The Morgan fingerprint density at radius 1 is 1.05 bits per heavy atom. The molecule has 1 aromatic carbocycles. The molecule has 120 valence electrons. The average molecular weight is 358 g/mol. The molecule has 0 saturated carbocycles. The van der Waals surface area contributed by atoms with Crippen LogP contribution in [0.3, 0.4) is 0 Å². The highest BCUT2D eigenvalue weighted by molar-refractivity contribution is 9.10. The Labute approximate surface area is 137 Å². The second-order valence-corrected chi connectivity index (χ2v) is 5.97. The predicted octanol–water partition coefficient (Wildman–Crippen LogP) is 4.92. The maximum absolute atomic E-state index is 5.62. The van der Waals surface area contributed by atoms with E-state index in [0.717, 1.165) is 29.1 Å². The van der Waals surface area contributed by atoms with E-state index in [1.165, 1.54) is 37.7 Å². The molecular formula is C17H28BrNO2. The van der Waals surface area contributed by atoms with Crippen molar-refractivity contribution >= 4 is 15.9 Å². The Hall–Kier alpha value is -0.740. The fourth-order valence-electron chi connectivity index (χ4n) is 2.22. The Bertz CT molecular complexity index is 410. The molecule has 1 rings (SSSR count). The van der Waals surface area contributed by atoms with Gasteiger partial charge in [-0.3, -0.25) is 0 Å². The summed E-state index contributed by atoms with van der Waals surface area (Å²) in [6.45, 7) is 6.78. The van der Waals surface area contributed by atoms with Crippen molar-refractivity contribution < 1.29 is 9.47 Å². The molecule has 0 radical (unpaired) electrons. The van der Waals surface area contributed by atoms with Gasteiger partial charge in [0.15, 0.2) is 11.5 Å². The first kappa shape index (κ1) is 18.3. The van der Waals surface area contributed by atoms with Gasteiger partial charge in [0.2, 0.25) is 0 Å². The number of ether oxygens (including phenoxy) is 2. The SMILES string of the molecule is CCCCCCCNCc1cc(OCC)c(OC)cc1Br. The summed E-state index contributed by atoms with van der Waals surface area (Å²) in [5.41, 5.74) is 1.20. The molecule has 21 heavy (non-hydrogen) atoms. The average Bonchev–Trinajstić information content (AvgIpc) is 2.49. The lowest BCUT2D eigenvalue weighted by Gasteiger charge is -2.13. The van der Waals surface area contributed by atoms with Crippen molar-refractivity contribution in [3.8, 4) is 11.5 Å². The van der Waals surface area contributed by atoms with E-state index in [9.17, 15) is 0 Å². The predicted molar refractivity (Wildman–Crippen MR) is 92.3 cm³/mol. The fraction of sp³-hybridized carbons (Fsp3) is 0.647. The van der Waals surface area contributed by atoms with Crippen LogP contribution in [0, 0.1) is 0 Å².